The summed E-state index contributed by atoms with van der Waals surface area (Å²) < 4.78 is 13.5. The number of halogens is 2. The zero-order valence-electron chi connectivity index (χ0n) is 10.5. The molecule has 0 aliphatic rings. The highest BCUT2D eigenvalue weighted by Crippen LogP contribution is 2.21. The number of hydrogen-bond donors (Lipinski definition) is 2. The van der Waals surface area contributed by atoms with Crippen LogP contribution in [0, 0.1) is 5.82 Å². The standard InChI is InChI=1S/C13H11ClFN3S2/c1-8(11-6-7-12(14)20-11)17-18-13(19)16-10-4-2-9(15)3-5-10/h2-7H,1H3,(H2,16,18,19)/b17-8-. The summed E-state index contributed by atoms with van der Waals surface area (Å²) in [5.41, 5.74) is 4.20. The van der Waals surface area contributed by atoms with Crippen molar-refractivity contribution in [3.05, 3.63) is 51.4 Å². The molecular formula is C13H11ClFN3S2. The van der Waals surface area contributed by atoms with E-state index in [9.17, 15) is 4.39 Å². The minimum absolute atomic E-state index is 0.294. The molecular weight excluding hydrogens is 317 g/mol. The predicted octanol–water partition coefficient (Wildman–Crippen LogP) is 4.25. The summed E-state index contributed by atoms with van der Waals surface area (Å²) in [6, 6.07) is 9.61. The molecule has 0 saturated carbocycles. The second-order valence-corrected chi connectivity index (χ2v) is 6.00. The van der Waals surface area contributed by atoms with Gasteiger partial charge in [-0.05, 0) is 55.5 Å². The molecule has 0 radical (unpaired) electrons. The molecule has 0 aliphatic carbocycles. The smallest absolute Gasteiger partial charge is 0.191 e. The number of hydrogen-bond acceptors (Lipinski definition) is 3. The van der Waals surface area contributed by atoms with Crippen molar-refractivity contribution in [3.63, 3.8) is 0 Å². The van der Waals surface area contributed by atoms with Crippen molar-refractivity contribution in [2.24, 2.45) is 5.10 Å². The second kappa shape index (κ2) is 6.78. The Labute approximate surface area is 130 Å². The van der Waals surface area contributed by atoms with Gasteiger partial charge >= 0.3 is 0 Å². The molecule has 2 N–H and O–H groups in total. The molecule has 1 aromatic carbocycles. The molecule has 2 rings (SSSR count). The number of rotatable bonds is 3. The average Bonchev–Trinajstić information content (AvgIpc) is 2.85. The van der Waals surface area contributed by atoms with E-state index in [1.807, 2.05) is 19.1 Å². The molecule has 0 unspecified atom stereocenters. The third kappa shape index (κ3) is 4.26. The van der Waals surface area contributed by atoms with Crippen molar-refractivity contribution >= 4 is 51.7 Å². The molecule has 1 aromatic heterocycles. The molecule has 0 saturated heterocycles. The molecule has 0 spiro atoms. The van der Waals surface area contributed by atoms with Crippen LogP contribution in [0.25, 0.3) is 0 Å². The monoisotopic (exact) mass is 327 g/mol. The van der Waals surface area contributed by atoms with Gasteiger partial charge in [-0.25, -0.2) is 4.39 Å². The molecule has 0 atom stereocenters. The first-order chi connectivity index (χ1) is 9.54. The Kier molecular flexibility index (Phi) is 5.05. The van der Waals surface area contributed by atoms with Crippen LogP contribution >= 0.6 is 35.2 Å². The van der Waals surface area contributed by atoms with Crippen molar-refractivity contribution in [1.29, 1.82) is 0 Å². The van der Waals surface area contributed by atoms with Crippen LogP contribution in [0.1, 0.15) is 11.8 Å². The number of benzene rings is 1. The van der Waals surface area contributed by atoms with Gasteiger partial charge in [0, 0.05) is 5.69 Å². The van der Waals surface area contributed by atoms with E-state index in [4.69, 9.17) is 23.8 Å². The lowest BCUT2D eigenvalue weighted by molar-refractivity contribution is 0.628. The molecule has 1 heterocycles. The first kappa shape index (κ1) is 14.9. The Morgan fingerprint density at radius 3 is 2.55 bits per heavy atom. The molecule has 2 aromatic rings. The molecule has 104 valence electrons. The molecule has 0 aliphatic heterocycles. The van der Waals surface area contributed by atoms with E-state index in [1.165, 1.54) is 23.5 Å². The SMILES string of the molecule is C/C(=N/NC(=S)Nc1ccc(F)cc1)c1ccc(Cl)s1. The number of nitrogens with zero attached hydrogens (tertiary/aromatic N) is 1. The second-order valence-electron chi connectivity index (χ2n) is 3.87. The van der Waals surface area contributed by atoms with E-state index in [0.29, 0.717) is 15.1 Å². The van der Waals surface area contributed by atoms with Gasteiger partial charge in [0.05, 0.1) is 14.9 Å². The van der Waals surface area contributed by atoms with Crippen LogP contribution in [-0.4, -0.2) is 10.8 Å². The molecule has 0 amide bonds. The Bertz CT molecular complexity index is 637. The van der Waals surface area contributed by atoms with Crippen LogP contribution in [-0.2, 0) is 0 Å². The largest absolute Gasteiger partial charge is 0.331 e. The number of thiophene rings is 1. The summed E-state index contributed by atoms with van der Waals surface area (Å²) in [6.07, 6.45) is 0. The van der Waals surface area contributed by atoms with E-state index in [2.05, 4.69) is 15.8 Å². The van der Waals surface area contributed by atoms with Crippen molar-refractivity contribution in [1.82, 2.24) is 5.43 Å². The Balaban J connectivity index is 1.93. The zero-order chi connectivity index (χ0) is 14.5. The number of thiocarbonyl (C=S) groups is 1. The van der Waals surface area contributed by atoms with Gasteiger partial charge in [-0.2, -0.15) is 5.10 Å². The highest BCUT2D eigenvalue weighted by atomic mass is 35.5. The van der Waals surface area contributed by atoms with Gasteiger partial charge in [-0.3, -0.25) is 5.43 Å². The van der Waals surface area contributed by atoms with Gasteiger partial charge in [0.1, 0.15) is 5.82 Å². The summed E-state index contributed by atoms with van der Waals surface area (Å²) in [6.45, 7) is 1.86. The normalized spacial score (nSPS) is 11.2. The summed E-state index contributed by atoms with van der Waals surface area (Å²) in [5, 5.41) is 7.40. The first-order valence-corrected chi connectivity index (χ1v) is 7.27. The lowest BCUT2D eigenvalue weighted by Crippen LogP contribution is -2.24. The maximum Gasteiger partial charge on any atom is 0.191 e. The van der Waals surface area contributed by atoms with Gasteiger partial charge in [0.15, 0.2) is 5.11 Å². The maximum atomic E-state index is 12.8. The van der Waals surface area contributed by atoms with Crippen LogP contribution in [0.2, 0.25) is 4.34 Å². The fourth-order valence-electron chi connectivity index (χ4n) is 1.39. The van der Waals surface area contributed by atoms with Gasteiger partial charge in [-0.15, -0.1) is 11.3 Å². The van der Waals surface area contributed by atoms with Crippen molar-refractivity contribution in [2.75, 3.05) is 5.32 Å². The Morgan fingerprint density at radius 1 is 1.25 bits per heavy atom. The fraction of sp³-hybridized carbons (Fsp3) is 0.0769. The Morgan fingerprint density at radius 2 is 1.95 bits per heavy atom. The van der Waals surface area contributed by atoms with Crippen LogP contribution in [0.4, 0.5) is 10.1 Å². The van der Waals surface area contributed by atoms with E-state index in [-0.39, 0.29) is 5.82 Å². The predicted molar refractivity (Wildman–Crippen MR) is 87.3 cm³/mol. The quantitative estimate of drug-likeness (QED) is 0.502. The molecule has 7 heteroatoms. The zero-order valence-corrected chi connectivity index (χ0v) is 12.9. The highest BCUT2D eigenvalue weighted by molar-refractivity contribution is 7.80. The summed E-state index contributed by atoms with van der Waals surface area (Å²) >= 11 is 12.4. The van der Waals surface area contributed by atoms with E-state index in [1.54, 1.807) is 12.1 Å². The third-order valence-corrected chi connectivity index (χ3v) is 3.89. The first-order valence-electron chi connectivity index (χ1n) is 5.67. The highest BCUT2D eigenvalue weighted by Gasteiger charge is 2.02. The van der Waals surface area contributed by atoms with Crippen molar-refractivity contribution < 1.29 is 4.39 Å². The third-order valence-electron chi connectivity index (χ3n) is 2.36. The summed E-state index contributed by atoms with van der Waals surface area (Å²) in [4.78, 5) is 0.965. The van der Waals surface area contributed by atoms with E-state index < -0.39 is 0 Å². The molecule has 0 fully saturated rings. The lowest BCUT2D eigenvalue weighted by Gasteiger charge is -2.07. The summed E-state index contributed by atoms with van der Waals surface area (Å²) in [7, 11) is 0. The van der Waals surface area contributed by atoms with Crippen LogP contribution in [0.3, 0.4) is 0 Å². The number of nitrogens with one attached hydrogen (secondary N) is 2. The van der Waals surface area contributed by atoms with E-state index in [0.717, 1.165) is 10.6 Å². The van der Waals surface area contributed by atoms with Crippen LogP contribution in [0.5, 0.6) is 0 Å². The van der Waals surface area contributed by atoms with Crippen LogP contribution in [0.15, 0.2) is 41.5 Å². The minimum atomic E-state index is -0.294. The molecule has 20 heavy (non-hydrogen) atoms. The average molecular weight is 328 g/mol. The molecule has 0 bridgehead atoms. The minimum Gasteiger partial charge on any atom is -0.331 e. The van der Waals surface area contributed by atoms with Gasteiger partial charge < -0.3 is 5.32 Å². The fourth-order valence-corrected chi connectivity index (χ4v) is 2.54. The Hall–Kier alpha value is -1.50. The van der Waals surface area contributed by atoms with Crippen LogP contribution < -0.4 is 10.7 Å². The maximum absolute atomic E-state index is 12.8. The van der Waals surface area contributed by atoms with Gasteiger partial charge in [-0.1, -0.05) is 11.6 Å². The van der Waals surface area contributed by atoms with Crippen molar-refractivity contribution in [3.8, 4) is 0 Å². The van der Waals surface area contributed by atoms with Crippen molar-refractivity contribution in [2.45, 2.75) is 6.92 Å². The number of hydrazone groups is 1. The van der Waals surface area contributed by atoms with Gasteiger partial charge in [0.2, 0.25) is 0 Å². The molecule has 3 nitrogen and oxygen atoms in total. The summed E-state index contributed by atoms with van der Waals surface area (Å²) in [5.74, 6) is -0.294. The topological polar surface area (TPSA) is 36.4 Å². The lowest BCUT2D eigenvalue weighted by atomic mass is 10.3. The number of anilines is 1. The van der Waals surface area contributed by atoms with Gasteiger partial charge in [0.25, 0.3) is 0 Å². The van der Waals surface area contributed by atoms with E-state index >= 15 is 0 Å².